The highest BCUT2D eigenvalue weighted by Gasteiger charge is 2.28. The Morgan fingerprint density at radius 3 is 2.62 bits per heavy atom. The normalized spacial score (nSPS) is 19.5. The summed E-state index contributed by atoms with van der Waals surface area (Å²) < 4.78 is 0.245. The molecule has 2 aliphatic heterocycles. The summed E-state index contributed by atoms with van der Waals surface area (Å²) in [6.45, 7) is 11.9. The number of guanidine groups is 1. The summed E-state index contributed by atoms with van der Waals surface area (Å²) in [6, 6.07) is 7.99. The SMILES string of the molecule is CCNC(=NCc1cccc(C(=O)N2CCCCC2)c1)N1CCSC(C)(C)C1.I. The quantitative estimate of drug-likeness (QED) is 0.360. The fraction of sp³-hybridized carbons (Fsp3) is 0.636. The standard InChI is InChI=1S/C22H34N4OS.HI/c1-4-23-21(26-13-14-28-22(2,3)17-26)24-16-18-9-8-10-19(15-18)20(27)25-11-6-5-7-12-25;/h8-10,15H,4-7,11-14,16-17H2,1-3H3,(H,23,24);1H. The van der Waals surface area contributed by atoms with Gasteiger partial charge in [0.2, 0.25) is 0 Å². The number of thioether (sulfide) groups is 1. The van der Waals surface area contributed by atoms with E-state index < -0.39 is 0 Å². The maximum atomic E-state index is 12.8. The average Bonchev–Trinajstić information content (AvgIpc) is 2.70. The summed E-state index contributed by atoms with van der Waals surface area (Å²) in [5.74, 6) is 2.26. The lowest BCUT2D eigenvalue weighted by Gasteiger charge is -2.39. The predicted octanol–water partition coefficient (Wildman–Crippen LogP) is 4.22. The molecule has 0 aromatic heterocycles. The van der Waals surface area contributed by atoms with Crippen molar-refractivity contribution in [2.45, 2.75) is 51.3 Å². The van der Waals surface area contributed by atoms with E-state index in [2.05, 4.69) is 37.1 Å². The van der Waals surface area contributed by atoms with Crippen molar-refractivity contribution in [3.05, 3.63) is 35.4 Å². The molecule has 1 aromatic rings. The van der Waals surface area contributed by atoms with E-state index >= 15 is 0 Å². The van der Waals surface area contributed by atoms with Crippen molar-refractivity contribution in [3.8, 4) is 0 Å². The molecular weight excluding hydrogens is 495 g/mol. The van der Waals surface area contributed by atoms with E-state index in [9.17, 15) is 4.79 Å². The van der Waals surface area contributed by atoms with Crippen LogP contribution in [0.4, 0.5) is 0 Å². The minimum Gasteiger partial charge on any atom is -0.357 e. The highest BCUT2D eigenvalue weighted by atomic mass is 127. The van der Waals surface area contributed by atoms with Gasteiger partial charge in [-0.1, -0.05) is 12.1 Å². The number of hydrogen-bond acceptors (Lipinski definition) is 3. The van der Waals surface area contributed by atoms with Crippen molar-refractivity contribution in [2.24, 2.45) is 4.99 Å². The van der Waals surface area contributed by atoms with Gasteiger partial charge >= 0.3 is 0 Å². The van der Waals surface area contributed by atoms with Gasteiger partial charge < -0.3 is 15.1 Å². The summed E-state index contributed by atoms with van der Waals surface area (Å²) in [5.41, 5.74) is 1.87. The number of rotatable bonds is 4. The van der Waals surface area contributed by atoms with E-state index in [0.29, 0.717) is 6.54 Å². The minimum atomic E-state index is 0. The first-order chi connectivity index (χ1) is 13.5. The van der Waals surface area contributed by atoms with Gasteiger partial charge in [0.1, 0.15) is 0 Å². The molecule has 29 heavy (non-hydrogen) atoms. The number of carbonyl (C=O) groups excluding carboxylic acids is 1. The highest BCUT2D eigenvalue weighted by molar-refractivity contribution is 14.0. The van der Waals surface area contributed by atoms with Crippen LogP contribution in [0.15, 0.2) is 29.3 Å². The molecule has 0 spiro atoms. The molecule has 1 amide bonds. The van der Waals surface area contributed by atoms with Crippen LogP contribution in [0.2, 0.25) is 0 Å². The van der Waals surface area contributed by atoms with Crippen molar-refractivity contribution in [2.75, 3.05) is 38.5 Å². The number of hydrogen-bond donors (Lipinski definition) is 1. The molecule has 1 N–H and O–H groups in total. The fourth-order valence-corrected chi connectivity index (χ4v) is 4.98. The number of likely N-dealkylation sites (tertiary alicyclic amines) is 1. The highest BCUT2D eigenvalue weighted by Crippen LogP contribution is 2.29. The number of piperidine rings is 1. The van der Waals surface area contributed by atoms with Gasteiger partial charge in [0, 0.05) is 48.8 Å². The first-order valence-corrected chi connectivity index (χ1v) is 11.5. The fourth-order valence-electron chi connectivity index (χ4n) is 3.87. The smallest absolute Gasteiger partial charge is 0.253 e. The van der Waals surface area contributed by atoms with Crippen molar-refractivity contribution < 1.29 is 4.79 Å². The Kier molecular flexibility index (Phi) is 9.59. The van der Waals surface area contributed by atoms with Gasteiger partial charge in [-0.15, -0.1) is 24.0 Å². The number of carbonyl (C=O) groups is 1. The zero-order valence-electron chi connectivity index (χ0n) is 17.9. The van der Waals surface area contributed by atoms with Gasteiger partial charge in [-0.05, 0) is 57.7 Å². The molecule has 2 heterocycles. The molecule has 2 saturated heterocycles. The Hall–Kier alpha value is -0.960. The molecule has 5 nitrogen and oxygen atoms in total. The third-order valence-electron chi connectivity index (χ3n) is 5.29. The van der Waals surface area contributed by atoms with Crippen LogP contribution in [0.3, 0.4) is 0 Å². The molecule has 0 aliphatic carbocycles. The van der Waals surface area contributed by atoms with Gasteiger partial charge in [0.05, 0.1) is 6.54 Å². The monoisotopic (exact) mass is 530 g/mol. The van der Waals surface area contributed by atoms with Crippen LogP contribution in [-0.4, -0.2) is 64.9 Å². The van der Waals surface area contributed by atoms with Gasteiger partial charge in [-0.25, -0.2) is 4.99 Å². The minimum absolute atomic E-state index is 0. The number of amides is 1. The van der Waals surface area contributed by atoms with Crippen molar-refractivity contribution >= 4 is 47.6 Å². The van der Waals surface area contributed by atoms with E-state index in [4.69, 9.17) is 4.99 Å². The molecule has 7 heteroatoms. The van der Waals surface area contributed by atoms with Gasteiger partial charge in [0.15, 0.2) is 5.96 Å². The average molecular weight is 531 g/mol. The van der Waals surface area contributed by atoms with Crippen molar-refractivity contribution in [1.29, 1.82) is 0 Å². The van der Waals surface area contributed by atoms with Gasteiger partial charge in [0.25, 0.3) is 5.91 Å². The van der Waals surface area contributed by atoms with Crippen LogP contribution in [0.1, 0.15) is 56.0 Å². The van der Waals surface area contributed by atoms with Crippen molar-refractivity contribution in [1.82, 2.24) is 15.1 Å². The molecule has 0 atom stereocenters. The third kappa shape index (κ3) is 7.05. The molecule has 2 fully saturated rings. The third-order valence-corrected chi connectivity index (χ3v) is 6.59. The number of aliphatic imine (C=N–C) groups is 1. The second-order valence-electron chi connectivity index (χ2n) is 8.25. The van der Waals surface area contributed by atoms with Crippen LogP contribution in [0.5, 0.6) is 0 Å². The maximum absolute atomic E-state index is 12.8. The predicted molar refractivity (Wildman–Crippen MR) is 135 cm³/mol. The summed E-state index contributed by atoms with van der Waals surface area (Å²) in [4.78, 5) is 22.0. The van der Waals surface area contributed by atoms with Crippen LogP contribution in [0.25, 0.3) is 0 Å². The van der Waals surface area contributed by atoms with Crippen LogP contribution in [-0.2, 0) is 6.54 Å². The van der Waals surface area contributed by atoms with E-state index in [1.807, 2.05) is 34.9 Å². The number of halogens is 1. The first-order valence-electron chi connectivity index (χ1n) is 10.5. The Balaban J connectivity index is 0.00000300. The number of nitrogens with one attached hydrogen (secondary N) is 1. The lowest BCUT2D eigenvalue weighted by molar-refractivity contribution is 0.0724. The number of nitrogens with zero attached hydrogens (tertiary/aromatic N) is 3. The molecule has 162 valence electrons. The second kappa shape index (κ2) is 11.4. The summed E-state index contributed by atoms with van der Waals surface area (Å²) in [7, 11) is 0. The molecule has 0 bridgehead atoms. The molecule has 2 aliphatic rings. The topological polar surface area (TPSA) is 47.9 Å². The summed E-state index contributed by atoms with van der Waals surface area (Å²) >= 11 is 2.03. The Bertz CT molecular complexity index is 704. The summed E-state index contributed by atoms with van der Waals surface area (Å²) in [5, 5.41) is 3.44. The molecule has 3 rings (SSSR count). The molecule has 0 saturated carbocycles. The largest absolute Gasteiger partial charge is 0.357 e. The number of benzene rings is 1. The lowest BCUT2D eigenvalue weighted by atomic mass is 10.1. The Morgan fingerprint density at radius 2 is 1.93 bits per heavy atom. The molecule has 1 aromatic carbocycles. The molecular formula is C22H35IN4OS. The van der Waals surface area contributed by atoms with Gasteiger partial charge in [-0.2, -0.15) is 11.8 Å². The second-order valence-corrected chi connectivity index (χ2v) is 10.1. The van der Waals surface area contributed by atoms with Crippen molar-refractivity contribution in [3.63, 3.8) is 0 Å². The molecule has 0 unspecified atom stereocenters. The van der Waals surface area contributed by atoms with Crippen LogP contribution >= 0.6 is 35.7 Å². The lowest BCUT2D eigenvalue weighted by Crippen LogP contribution is -2.50. The van der Waals surface area contributed by atoms with Gasteiger partial charge in [-0.3, -0.25) is 4.79 Å². The summed E-state index contributed by atoms with van der Waals surface area (Å²) in [6.07, 6.45) is 3.47. The van der Waals surface area contributed by atoms with Crippen LogP contribution < -0.4 is 5.32 Å². The van der Waals surface area contributed by atoms with Crippen LogP contribution in [0, 0.1) is 0 Å². The van der Waals surface area contributed by atoms with E-state index in [1.54, 1.807) is 0 Å². The van der Waals surface area contributed by atoms with E-state index in [-0.39, 0.29) is 34.6 Å². The zero-order valence-corrected chi connectivity index (χ0v) is 21.1. The molecule has 0 radical (unpaired) electrons. The Morgan fingerprint density at radius 1 is 1.17 bits per heavy atom. The van der Waals surface area contributed by atoms with E-state index in [0.717, 1.165) is 68.4 Å². The van der Waals surface area contributed by atoms with E-state index in [1.165, 1.54) is 6.42 Å². The maximum Gasteiger partial charge on any atom is 0.253 e. The first kappa shape index (κ1) is 24.3. The zero-order chi connectivity index (χ0) is 20.0. The Labute approximate surface area is 197 Å².